The van der Waals surface area contributed by atoms with Crippen molar-refractivity contribution in [3.8, 4) is 0 Å². The van der Waals surface area contributed by atoms with Gasteiger partial charge in [0, 0.05) is 12.8 Å². The van der Waals surface area contributed by atoms with Crippen LogP contribution in [0.3, 0.4) is 0 Å². The molecule has 0 spiro atoms. The number of hydrogen-bond acceptors (Lipinski definition) is 5. The monoisotopic (exact) mass is 1020 g/mol. The van der Waals surface area contributed by atoms with Crippen molar-refractivity contribution in [3.63, 3.8) is 0 Å². The third-order valence-electron chi connectivity index (χ3n) is 15.9. The van der Waals surface area contributed by atoms with Gasteiger partial charge in [0.25, 0.3) is 0 Å². The lowest BCUT2D eigenvalue weighted by molar-refractivity contribution is -0.143. The van der Waals surface area contributed by atoms with Crippen molar-refractivity contribution < 1.29 is 24.5 Å². The van der Waals surface area contributed by atoms with Crippen LogP contribution in [0, 0.1) is 0 Å². The van der Waals surface area contributed by atoms with Crippen LogP contribution in [0.5, 0.6) is 0 Å². The Morgan fingerprint density at radius 2 is 0.569 bits per heavy atom. The van der Waals surface area contributed by atoms with E-state index in [4.69, 9.17) is 4.74 Å². The Balaban J connectivity index is 3.40. The number of rotatable bonds is 63. The molecular weight excluding hydrogens is 887 g/mol. The third kappa shape index (κ3) is 58.1. The molecule has 0 bridgehead atoms. The summed E-state index contributed by atoms with van der Waals surface area (Å²) < 4.78 is 5.50. The first-order chi connectivity index (χ1) is 35.5. The Bertz CT molecular complexity index is 1040. The van der Waals surface area contributed by atoms with E-state index in [9.17, 15) is 19.8 Å². The second-order valence-electron chi connectivity index (χ2n) is 23.2. The standard InChI is InChI=1S/C66H131NO5/c1-3-5-7-9-11-13-15-17-19-21-23-24-25-26-28-29-31-34-38-42-46-50-54-58-64(69)63(62-68)67-65(70)59-55-51-47-43-39-35-33-37-41-45-49-53-57-61-72-66(71)60-56-52-48-44-40-36-32-30-27-22-20-18-16-14-12-10-8-6-4-2/h63-64,68-69H,3-62H2,1-2H3,(H,67,70). The van der Waals surface area contributed by atoms with E-state index < -0.39 is 12.1 Å². The Morgan fingerprint density at radius 3 is 0.847 bits per heavy atom. The lowest BCUT2D eigenvalue weighted by atomic mass is 10.0. The molecule has 1 amide bonds. The summed E-state index contributed by atoms with van der Waals surface area (Å²) >= 11 is 0. The fourth-order valence-electron chi connectivity index (χ4n) is 10.8. The van der Waals surface area contributed by atoms with Gasteiger partial charge in [-0.25, -0.2) is 0 Å². The Kier molecular flexibility index (Phi) is 61.4. The summed E-state index contributed by atoms with van der Waals surface area (Å²) in [5.74, 6) is -0.0407. The van der Waals surface area contributed by atoms with Crippen LogP contribution in [-0.2, 0) is 14.3 Å². The molecule has 0 fully saturated rings. The summed E-state index contributed by atoms with van der Waals surface area (Å²) in [6.45, 7) is 4.98. The fraction of sp³-hybridized carbons (Fsp3) is 0.970. The van der Waals surface area contributed by atoms with Crippen LogP contribution in [-0.4, -0.2) is 47.4 Å². The maximum Gasteiger partial charge on any atom is 0.305 e. The number of hydrogen-bond donors (Lipinski definition) is 3. The first-order valence-corrected chi connectivity index (χ1v) is 33.3. The van der Waals surface area contributed by atoms with E-state index in [0.717, 1.165) is 51.4 Å². The van der Waals surface area contributed by atoms with Crippen molar-refractivity contribution in [1.29, 1.82) is 0 Å². The first-order valence-electron chi connectivity index (χ1n) is 33.3. The quantitative estimate of drug-likeness (QED) is 0.0417. The zero-order chi connectivity index (χ0) is 52.2. The lowest BCUT2D eigenvalue weighted by Gasteiger charge is -2.22. The number of unbranched alkanes of at least 4 members (excludes halogenated alkanes) is 52. The Morgan fingerprint density at radius 1 is 0.333 bits per heavy atom. The molecule has 430 valence electrons. The van der Waals surface area contributed by atoms with Crippen molar-refractivity contribution in [1.82, 2.24) is 5.32 Å². The van der Waals surface area contributed by atoms with Gasteiger partial charge in [-0.05, 0) is 25.7 Å². The van der Waals surface area contributed by atoms with Crippen LogP contribution in [0.1, 0.15) is 386 Å². The van der Waals surface area contributed by atoms with Gasteiger partial charge in [-0.15, -0.1) is 0 Å². The number of esters is 1. The average Bonchev–Trinajstić information content (AvgIpc) is 3.38. The van der Waals surface area contributed by atoms with Crippen LogP contribution in [0.15, 0.2) is 0 Å². The number of aliphatic hydroxyl groups excluding tert-OH is 2. The van der Waals surface area contributed by atoms with Gasteiger partial charge in [0.2, 0.25) is 5.91 Å². The zero-order valence-electron chi connectivity index (χ0n) is 49.2. The van der Waals surface area contributed by atoms with E-state index in [1.807, 2.05) is 0 Å². The largest absolute Gasteiger partial charge is 0.466 e. The predicted molar refractivity (Wildman–Crippen MR) is 315 cm³/mol. The smallest absolute Gasteiger partial charge is 0.305 e. The zero-order valence-corrected chi connectivity index (χ0v) is 49.2. The van der Waals surface area contributed by atoms with Crippen LogP contribution < -0.4 is 5.32 Å². The Labute approximate surface area is 451 Å². The van der Waals surface area contributed by atoms with Crippen molar-refractivity contribution in [2.45, 2.75) is 398 Å². The minimum Gasteiger partial charge on any atom is -0.466 e. The van der Waals surface area contributed by atoms with Crippen molar-refractivity contribution in [2.75, 3.05) is 13.2 Å². The molecule has 72 heavy (non-hydrogen) atoms. The molecule has 0 radical (unpaired) electrons. The predicted octanol–water partition coefficient (Wildman–Crippen LogP) is 21.0. The Hall–Kier alpha value is -1.14. The number of nitrogens with one attached hydrogen (secondary N) is 1. The molecule has 0 aromatic carbocycles. The molecule has 0 heterocycles. The molecule has 2 atom stereocenters. The van der Waals surface area contributed by atoms with E-state index in [2.05, 4.69) is 19.2 Å². The molecule has 6 heteroatoms. The van der Waals surface area contributed by atoms with Crippen LogP contribution in [0.2, 0.25) is 0 Å². The number of amides is 1. The fourth-order valence-corrected chi connectivity index (χ4v) is 10.8. The van der Waals surface area contributed by atoms with Gasteiger partial charge in [-0.1, -0.05) is 348 Å². The molecule has 0 aromatic heterocycles. The summed E-state index contributed by atoms with van der Waals surface area (Å²) in [7, 11) is 0. The third-order valence-corrected chi connectivity index (χ3v) is 15.9. The molecule has 0 aromatic rings. The molecule has 0 aliphatic heterocycles. The van der Waals surface area contributed by atoms with Crippen molar-refractivity contribution >= 4 is 11.9 Å². The van der Waals surface area contributed by atoms with Crippen molar-refractivity contribution in [2.24, 2.45) is 0 Å². The second-order valence-corrected chi connectivity index (χ2v) is 23.2. The average molecular weight is 1020 g/mol. The maximum absolute atomic E-state index is 12.5. The van der Waals surface area contributed by atoms with Crippen LogP contribution in [0.25, 0.3) is 0 Å². The van der Waals surface area contributed by atoms with Crippen LogP contribution in [0.4, 0.5) is 0 Å². The van der Waals surface area contributed by atoms with Gasteiger partial charge in [0.1, 0.15) is 0 Å². The molecule has 0 rings (SSSR count). The number of aliphatic hydroxyl groups is 2. The summed E-state index contributed by atoms with van der Waals surface area (Å²) in [6.07, 6.45) is 74.1. The normalized spacial score (nSPS) is 12.4. The van der Waals surface area contributed by atoms with E-state index in [0.29, 0.717) is 25.9 Å². The minimum atomic E-state index is -0.673. The topological polar surface area (TPSA) is 95.9 Å². The molecular formula is C66H131NO5. The number of ether oxygens (including phenoxy) is 1. The molecule has 0 aliphatic rings. The van der Waals surface area contributed by atoms with Gasteiger partial charge in [0.05, 0.1) is 25.4 Å². The maximum atomic E-state index is 12.5. The highest BCUT2D eigenvalue weighted by Crippen LogP contribution is 2.19. The first kappa shape index (κ1) is 70.9. The second kappa shape index (κ2) is 62.4. The summed E-state index contributed by atoms with van der Waals surface area (Å²) in [5, 5.41) is 23.4. The summed E-state index contributed by atoms with van der Waals surface area (Å²) in [6, 6.07) is -0.551. The number of carbonyl (C=O) groups is 2. The van der Waals surface area contributed by atoms with E-state index in [1.54, 1.807) is 0 Å². The van der Waals surface area contributed by atoms with Gasteiger partial charge in [-0.2, -0.15) is 0 Å². The molecule has 0 aliphatic carbocycles. The molecule has 0 saturated heterocycles. The molecule has 2 unspecified atom stereocenters. The highest BCUT2D eigenvalue weighted by atomic mass is 16.5. The number of carbonyl (C=O) groups excluding carboxylic acids is 2. The van der Waals surface area contributed by atoms with Gasteiger partial charge in [0.15, 0.2) is 0 Å². The van der Waals surface area contributed by atoms with Gasteiger partial charge in [-0.3, -0.25) is 9.59 Å². The summed E-state index contributed by atoms with van der Waals surface area (Å²) in [5.41, 5.74) is 0. The lowest BCUT2D eigenvalue weighted by Crippen LogP contribution is -2.45. The van der Waals surface area contributed by atoms with Gasteiger partial charge >= 0.3 is 5.97 Å². The van der Waals surface area contributed by atoms with Gasteiger partial charge < -0.3 is 20.3 Å². The van der Waals surface area contributed by atoms with Crippen LogP contribution >= 0.6 is 0 Å². The molecule has 6 nitrogen and oxygen atoms in total. The highest BCUT2D eigenvalue weighted by molar-refractivity contribution is 5.76. The van der Waals surface area contributed by atoms with E-state index in [1.165, 1.54) is 302 Å². The molecule has 3 N–H and O–H groups in total. The SMILES string of the molecule is CCCCCCCCCCCCCCCCCCCCCCCCCC(O)C(CO)NC(=O)CCCCCCCCCCCCCCCOC(=O)CCCCCCCCCCCCCCCCCCCCC. The highest BCUT2D eigenvalue weighted by Gasteiger charge is 2.20. The molecule has 0 saturated carbocycles. The van der Waals surface area contributed by atoms with Crippen molar-refractivity contribution in [3.05, 3.63) is 0 Å². The minimum absolute atomic E-state index is 0.00126. The van der Waals surface area contributed by atoms with E-state index in [-0.39, 0.29) is 18.5 Å². The van der Waals surface area contributed by atoms with E-state index >= 15 is 0 Å². The summed E-state index contributed by atoms with van der Waals surface area (Å²) in [4.78, 5) is 24.7.